The van der Waals surface area contributed by atoms with Crippen molar-refractivity contribution in [2.24, 2.45) is 0 Å². The van der Waals surface area contributed by atoms with Gasteiger partial charge in [-0.25, -0.2) is 0 Å². The number of anilines is 1. The Hall–Kier alpha value is -4.07. The van der Waals surface area contributed by atoms with E-state index in [1.54, 1.807) is 42.5 Å². The summed E-state index contributed by atoms with van der Waals surface area (Å²) < 4.78 is 52.4. The third-order valence-electron chi connectivity index (χ3n) is 6.42. The van der Waals surface area contributed by atoms with E-state index in [1.165, 1.54) is 17.0 Å². The number of rotatable bonds is 6. The van der Waals surface area contributed by atoms with Gasteiger partial charge in [0.2, 0.25) is 5.76 Å². The summed E-state index contributed by atoms with van der Waals surface area (Å²) in [6, 6.07) is 15.5. The first-order valence-corrected chi connectivity index (χ1v) is 12.0. The molecule has 0 aliphatic carbocycles. The first-order valence-electron chi connectivity index (χ1n) is 12.0. The molecule has 0 spiro atoms. The number of hydrogen-bond donors (Lipinski definition) is 0. The quantitative estimate of drug-likeness (QED) is 0.263. The van der Waals surface area contributed by atoms with Gasteiger partial charge in [-0.2, -0.15) is 13.2 Å². The summed E-state index contributed by atoms with van der Waals surface area (Å²) in [6.45, 7) is 4.36. The van der Waals surface area contributed by atoms with E-state index in [2.05, 4.69) is 0 Å². The van der Waals surface area contributed by atoms with Crippen LogP contribution in [0.2, 0.25) is 0 Å². The third-order valence-corrected chi connectivity index (χ3v) is 6.42. The standard InChI is InChI=1S/C29H24F3NO4/c1-3-4-13-36-21-10-5-7-18(15-21)25-24-26(34)22-14-17(2)11-12-23(22)37-27(24)28(35)33(25)20-9-6-8-19(16-20)29(30,31)32/h5-12,14-16,25H,3-4,13H2,1-2H3. The lowest BCUT2D eigenvalue weighted by Crippen LogP contribution is -2.29. The van der Waals surface area contributed by atoms with Crippen LogP contribution < -0.4 is 15.1 Å². The Morgan fingerprint density at radius 2 is 1.78 bits per heavy atom. The number of halogens is 3. The van der Waals surface area contributed by atoms with Crippen LogP contribution in [0.5, 0.6) is 5.75 Å². The molecule has 1 amide bonds. The molecule has 0 bridgehead atoms. The maximum absolute atomic E-state index is 13.8. The number of nitrogens with zero attached hydrogens (tertiary/aromatic N) is 1. The second-order valence-corrected chi connectivity index (χ2v) is 9.07. The van der Waals surface area contributed by atoms with Crippen molar-refractivity contribution in [3.63, 3.8) is 0 Å². The van der Waals surface area contributed by atoms with Crippen molar-refractivity contribution in [3.8, 4) is 5.75 Å². The van der Waals surface area contributed by atoms with Crippen LogP contribution in [0.3, 0.4) is 0 Å². The molecule has 8 heteroatoms. The number of aryl methyl sites for hydroxylation is 1. The third kappa shape index (κ3) is 4.48. The average Bonchev–Trinajstić information content (AvgIpc) is 3.17. The van der Waals surface area contributed by atoms with Gasteiger partial charge in [-0.1, -0.05) is 43.2 Å². The van der Waals surface area contributed by atoms with Gasteiger partial charge in [-0.3, -0.25) is 14.5 Å². The summed E-state index contributed by atoms with van der Waals surface area (Å²) in [5.41, 5.74) is 0.400. The number of unbranched alkanes of at least 4 members (excludes halogenated alkanes) is 1. The maximum Gasteiger partial charge on any atom is 0.416 e. The largest absolute Gasteiger partial charge is 0.494 e. The van der Waals surface area contributed by atoms with Crippen molar-refractivity contribution < 1.29 is 27.1 Å². The van der Waals surface area contributed by atoms with E-state index in [1.807, 2.05) is 13.8 Å². The highest BCUT2D eigenvalue weighted by Crippen LogP contribution is 2.43. The number of alkyl halides is 3. The highest BCUT2D eigenvalue weighted by atomic mass is 19.4. The fourth-order valence-corrected chi connectivity index (χ4v) is 4.61. The van der Waals surface area contributed by atoms with Crippen molar-refractivity contribution in [2.75, 3.05) is 11.5 Å². The molecule has 0 radical (unpaired) electrons. The summed E-state index contributed by atoms with van der Waals surface area (Å²) in [6.07, 6.45) is -2.81. The Morgan fingerprint density at radius 3 is 2.54 bits per heavy atom. The van der Waals surface area contributed by atoms with Gasteiger partial charge < -0.3 is 9.15 Å². The number of carbonyl (C=O) groups is 1. The summed E-state index contributed by atoms with van der Waals surface area (Å²) in [5.74, 6) is -0.325. The summed E-state index contributed by atoms with van der Waals surface area (Å²) in [7, 11) is 0. The van der Waals surface area contributed by atoms with E-state index in [-0.39, 0.29) is 22.6 Å². The van der Waals surface area contributed by atoms with E-state index in [0.29, 0.717) is 23.3 Å². The molecule has 0 N–H and O–H groups in total. The minimum absolute atomic E-state index is 0.00756. The summed E-state index contributed by atoms with van der Waals surface area (Å²) in [5, 5.41) is 0.304. The van der Waals surface area contributed by atoms with Crippen molar-refractivity contribution in [3.05, 3.63) is 105 Å². The highest BCUT2D eigenvalue weighted by molar-refractivity contribution is 6.10. The van der Waals surface area contributed by atoms with Crippen LogP contribution in [-0.2, 0) is 6.18 Å². The lowest BCUT2D eigenvalue weighted by molar-refractivity contribution is -0.137. The number of amides is 1. The lowest BCUT2D eigenvalue weighted by Gasteiger charge is -2.26. The van der Waals surface area contributed by atoms with E-state index >= 15 is 0 Å². The van der Waals surface area contributed by atoms with Crippen LogP contribution in [-0.4, -0.2) is 12.5 Å². The van der Waals surface area contributed by atoms with Gasteiger partial charge in [-0.15, -0.1) is 0 Å². The van der Waals surface area contributed by atoms with Crippen molar-refractivity contribution in [1.29, 1.82) is 0 Å². The second kappa shape index (κ2) is 9.42. The van der Waals surface area contributed by atoms with Gasteiger partial charge in [0, 0.05) is 5.69 Å². The molecule has 1 unspecified atom stereocenters. The van der Waals surface area contributed by atoms with E-state index < -0.39 is 29.1 Å². The van der Waals surface area contributed by atoms with Crippen LogP contribution in [0.1, 0.15) is 58.6 Å². The maximum atomic E-state index is 13.8. The molecular formula is C29H24F3NO4. The molecule has 5 nitrogen and oxygen atoms in total. The van der Waals surface area contributed by atoms with Gasteiger partial charge in [-0.05, 0) is 61.4 Å². The molecular weight excluding hydrogens is 483 g/mol. The zero-order valence-electron chi connectivity index (χ0n) is 20.3. The van der Waals surface area contributed by atoms with Crippen LogP contribution in [0.4, 0.5) is 18.9 Å². The van der Waals surface area contributed by atoms with E-state index in [4.69, 9.17) is 9.15 Å². The molecule has 0 saturated heterocycles. The van der Waals surface area contributed by atoms with Gasteiger partial charge >= 0.3 is 6.18 Å². The molecule has 2 heterocycles. The normalized spacial score (nSPS) is 15.3. The summed E-state index contributed by atoms with van der Waals surface area (Å²) in [4.78, 5) is 28.6. The second-order valence-electron chi connectivity index (χ2n) is 9.07. The van der Waals surface area contributed by atoms with Crippen molar-refractivity contribution in [2.45, 2.75) is 38.9 Å². The van der Waals surface area contributed by atoms with Gasteiger partial charge in [0.15, 0.2) is 5.43 Å². The molecule has 0 saturated carbocycles. The Bertz CT molecular complexity index is 1560. The highest BCUT2D eigenvalue weighted by Gasteiger charge is 2.44. The Balaban J connectivity index is 1.73. The molecule has 3 aromatic carbocycles. The Kier molecular flexibility index (Phi) is 6.27. The molecule has 1 aliphatic heterocycles. The molecule has 1 atom stereocenters. The first kappa shape index (κ1) is 24.6. The van der Waals surface area contributed by atoms with E-state index in [9.17, 15) is 22.8 Å². The van der Waals surface area contributed by atoms with Crippen LogP contribution in [0, 0.1) is 6.92 Å². The van der Waals surface area contributed by atoms with Crippen LogP contribution >= 0.6 is 0 Å². The zero-order chi connectivity index (χ0) is 26.3. The molecule has 1 aliphatic rings. The first-order chi connectivity index (χ1) is 17.7. The number of hydrogen-bond acceptors (Lipinski definition) is 4. The van der Waals surface area contributed by atoms with Gasteiger partial charge in [0.05, 0.1) is 29.2 Å². The monoisotopic (exact) mass is 507 g/mol. The van der Waals surface area contributed by atoms with Crippen LogP contribution in [0.25, 0.3) is 11.0 Å². The summed E-state index contributed by atoms with van der Waals surface area (Å²) >= 11 is 0. The van der Waals surface area contributed by atoms with Crippen molar-refractivity contribution >= 4 is 22.6 Å². The average molecular weight is 508 g/mol. The zero-order valence-corrected chi connectivity index (χ0v) is 20.3. The van der Waals surface area contributed by atoms with Crippen LogP contribution in [0.15, 0.2) is 75.9 Å². The lowest BCUT2D eigenvalue weighted by atomic mass is 9.97. The predicted octanol–water partition coefficient (Wildman–Crippen LogP) is 7.05. The molecule has 5 rings (SSSR count). The molecule has 190 valence electrons. The minimum Gasteiger partial charge on any atom is -0.494 e. The predicted molar refractivity (Wildman–Crippen MR) is 134 cm³/mol. The molecule has 1 aromatic heterocycles. The number of fused-ring (bicyclic) bond motifs is 2. The topological polar surface area (TPSA) is 59.8 Å². The van der Waals surface area contributed by atoms with Crippen molar-refractivity contribution in [1.82, 2.24) is 0 Å². The Labute approximate surface area is 211 Å². The molecule has 4 aromatic rings. The minimum atomic E-state index is -4.60. The Morgan fingerprint density at radius 1 is 1.00 bits per heavy atom. The molecule has 0 fully saturated rings. The molecule has 37 heavy (non-hydrogen) atoms. The smallest absolute Gasteiger partial charge is 0.416 e. The van der Waals surface area contributed by atoms with Gasteiger partial charge in [0.25, 0.3) is 5.91 Å². The number of benzene rings is 3. The SMILES string of the molecule is CCCCOc1cccc(C2c3c(oc4ccc(C)cc4c3=O)C(=O)N2c2cccc(C(F)(F)F)c2)c1. The number of carbonyl (C=O) groups excluding carboxylic acids is 1. The van der Waals surface area contributed by atoms with E-state index in [0.717, 1.165) is 30.5 Å². The fraction of sp³-hybridized carbons (Fsp3) is 0.241. The fourth-order valence-electron chi connectivity index (χ4n) is 4.61. The number of ether oxygens (including phenoxy) is 1. The van der Waals surface area contributed by atoms with Gasteiger partial charge in [0.1, 0.15) is 11.3 Å².